The number of thiazole rings is 2. The van der Waals surface area contributed by atoms with Crippen molar-refractivity contribution < 1.29 is 19.1 Å². The van der Waals surface area contributed by atoms with E-state index in [4.69, 9.17) is 19.4 Å². The molecule has 0 atom stereocenters. The van der Waals surface area contributed by atoms with E-state index in [-0.39, 0.29) is 11.9 Å². The van der Waals surface area contributed by atoms with Gasteiger partial charge in [0, 0.05) is 20.9 Å². The van der Waals surface area contributed by atoms with E-state index in [2.05, 4.69) is 50.6 Å². The van der Waals surface area contributed by atoms with E-state index in [1.54, 1.807) is 22.7 Å². The predicted octanol–water partition coefficient (Wildman–Crippen LogP) is 23.4. The molecule has 4 heterocycles. The third-order valence-corrected chi connectivity index (χ3v) is 19.5. The molecular weight excluding hydrogens is 1010 g/mol. The van der Waals surface area contributed by atoms with Crippen molar-refractivity contribution in [2.45, 2.75) is 297 Å². The molecule has 0 amide bonds. The van der Waals surface area contributed by atoms with Crippen LogP contribution in [-0.2, 0) is 22.3 Å². The molecule has 76 heavy (non-hydrogen) atoms. The normalized spacial score (nSPS) is 11.7. The van der Waals surface area contributed by atoms with E-state index in [9.17, 15) is 9.59 Å². The van der Waals surface area contributed by atoms with Crippen molar-refractivity contribution in [1.82, 2.24) is 9.97 Å². The zero-order valence-electron chi connectivity index (χ0n) is 48.6. The Balaban J connectivity index is 1.36. The third kappa shape index (κ3) is 24.0. The molecule has 0 N–H and O–H groups in total. The SMILES string of the molecule is CCCCCCCCCCCCOC(=O)c1nc2c(-c3cc(CCCCCCCCCCCC)cs3)c3sc(C(=O)OCCCCCCCCCCCC)nc3c(-c3cc(CCCCCCCCCCCC)cs3)c2s1. The van der Waals surface area contributed by atoms with Crippen LogP contribution in [0, 0.1) is 0 Å². The summed E-state index contributed by atoms with van der Waals surface area (Å²) in [4.78, 5) is 40.7. The van der Waals surface area contributed by atoms with E-state index >= 15 is 0 Å². The summed E-state index contributed by atoms with van der Waals surface area (Å²) >= 11 is 6.36. The first-order valence-corrected chi connectivity index (χ1v) is 35.1. The summed E-state index contributed by atoms with van der Waals surface area (Å²) in [7, 11) is 0. The Morgan fingerprint density at radius 1 is 0.368 bits per heavy atom. The van der Waals surface area contributed by atoms with E-state index in [1.165, 1.54) is 265 Å². The molecule has 6 nitrogen and oxygen atoms in total. The van der Waals surface area contributed by atoms with Gasteiger partial charge in [-0.25, -0.2) is 19.6 Å². The van der Waals surface area contributed by atoms with Crippen LogP contribution in [0.25, 0.3) is 41.3 Å². The Morgan fingerprint density at radius 2 is 0.632 bits per heavy atom. The lowest BCUT2D eigenvalue weighted by molar-refractivity contribution is 0.0488. The lowest BCUT2D eigenvalue weighted by Crippen LogP contribution is -2.06. The average Bonchev–Trinajstić information content (AvgIpc) is 4.32. The zero-order chi connectivity index (χ0) is 53.7. The Bertz CT molecular complexity index is 2080. The van der Waals surface area contributed by atoms with Gasteiger partial charge in [0.15, 0.2) is 0 Å². The highest BCUT2D eigenvalue weighted by Crippen LogP contribution is 2.50. The molecule has 0 radical (unpaired) electrons. The van der Waals surface area contributed by atoms with E-state index in [0.717, 1.165) is 79.8 Å². The van der Waals surface area contributed by atoms with Crippen molar-refractivity contribution >= 4 is 77.7 Å². The number of benzene rings is 1. The highest BCUT2D eigenvalue weighted by atomic mass is 32.1. The fourth-order valence-electron chi connectivity index (χ4n) is 10.7. The van der Waals surface area contributed by atoms with Crippen LogP contribution in [-0.4, -0.2) is 35.1 Å². The number of nitrogens with zero attached hydrogens (tertiary/aromatic N) is 2. The maximum atomic E-state index is 14.0. The smallest absolute Gasteiger partial charge is 0.367 e. The van der Waals surface area contributed by atoms with Crippen molar-refractivity contribution in [1.29, 1.82) is 0 Å². The molecule has 0 spiro atoms. The molecule has 0 aliphatic carbocycles. The number of hydrogen-bond acceptors (Lipinski definition) is 10. The van der Waals surface area contributed by atoms with Gasteiger partial charge >= 0.3 is 11.9 Å². The fraction of sp³-hybridized carbons (Fsp3) is 0.727. The first kappa shape index (κ1) is 64.2. The quantitative estimate of drug-likeness (QED) is 0.0285. The first-order valence-electron chi connectivity index (χ1n) is 31.8. The molecule has 0 unspecified atom stereocenters. The molecule has 4 aromatic heterocycles. The summed E-state index contributed by atoms with van der Waals surface area (Å²) in [5, 5.41) is 5.40. The van der Waals surface area contributed by atoms with Gasteiger partial charge in [-0.3, -0.25) is 0 Å². The molecule has 0 saturated heterocycles. The highest BCUT2D eigenvalue weighted by Gasteiger charge is 2.29. The molecule has 5 rings (SSSR count). The van der Waals surface area contributed by atoms with Gasteiger partial charge in [-0.15, -0.1) is 45.3 Å². The van der Waals surface area contributed by atoms with Gasteiger partial charge in [0.1, 0.15) is 0 Å². The molecule has 10 heteroatoms. The molecule has 426 valence electrons. The Hall–Kier alpha value is -2.66. The number of carbonyl (C=O) groups excluding carboxylic acids is 2. The lowest BCUT2D eigenvalue weighted by Gasteiger charge is -2.07. The van der Waals surface area contributed by atoms with E-state index < -0.39 is 0 Å². The van der Waals surface area contributed by atoms with Crippen molar-refractivity contribution in [3.05, 3.63) is 44.0 Å². The van der Waals surface area contributed by atoms with Crippen LogP contribution in [0.1, 0.15) is 315 Å². The predicted molar refractivity (Wildman–Crippen MR) is 335 cm³/mol. The van der Waals surface area contributed by atoms with Crippen molar-refractivity contribution in [2.24, 2.45) is 0 Å². The molecule has 1 aromatic carbocycles. The summed E-state index contributed by atoms with van der Waals surface area (Å²) in [6.45, 7) is 9.94. The minimum absolute atomic E-state index is 0.345. The second-order valence-corrected chi connectivity index (χ2v) is 26.1. The number of aromatic nitrogens is 2. The van der Waals surface area contributed by atoms with Crippen LogP contribution >= 0.6 is 45.3 Å². The Kier molecular flexibility index (Phi) is 34.2. The van der Waals surface area contributed by atoms with Crippen LogP contribution in [0.2, 0.25) is 0 Å². The maximum absolute atomic E-state index is 14.0. The van der Waals surface area contributed by atoms with Crippen molar-refractivity contribution in [3.63, 3.8) is 0 Å². The zero-order valence-corrected chi connectivity index (χ0v) is 51.8. The highest BCUT2D eigenvalue weighted by molar-refractivity contribution is 7.24. The molecule has 0 saturated carbocycles. The maximum Gasteiger partial charge on any atom is 0.367 e. The van der Waals surface area contributed by atoms with Crippen LogP contribution in [0.3, 0.4) is 0 Å². The average molecular weight is 1120 g/mol. The number of rotatable bonds is 48. The number of thiophene rings is 2. The standard InChI is InChI=1S/C66H104N2O4S4/c1-5-9-13-17-21-25-29-33-37-41-45-53-49-55(73-51-53)57-59-62(76-63(67-59)65(69)71-47-43-39-35-31-27-23-19-15-11-7-3)58(56-50-54(52-74-56)46-42-38-34-30-26-22-18-14-10-6-2)60-61(57)75-64(68-60)66(70)72-48-44-40-36-32-28-24-20-16-12-8-4/h49-52H,5-48H2,1-4H3. The Labute approximate surface area is 479 Å². The number of aryl methyl sites for hydroxylation is 2. The summed E-state index contributed by atoms with van der Waals surface area (Å²) in [5.41, 5.74) is 6.25. The van der Waals surface area contributed by atoms with Gasteiger partial charge in [0.2, 0.25) is 10.0 Å². The number of ether oxygens (including phenoxy) is 2. The van der Waals surface area contributed by atoms with Crippen LogP contribution in [0.15, 0.2) is 22.9 Å². The number of unbranched alkanes of at least 4 members (excludes halogenated alkanes) is 36. The Morgan fingerprint density at radius 3 is 0.921 bits per heavy atom. The van der Waals surface area contributed by atoms with Crippen molar-refractivity contribution in [3.8, 4) is 20.9 Å². The van der Waals surface area contributed by atoms with Gasteiger partial charge in [0.25, 0.3) is 0 Å². The topological polar surface area (TPSA) is 78.4 Å². The van der Waals surface area contributed by atoms with Crippen LogP contribution in [0.4, 0.5) is 0 Å². The molecule has 0 bridgehead atoms. The van der Waals surface area contributed by atoms with Gasteiger partial charge in [-0.1, -0.05) is 259 Å². The molecule has 5 aromatic rings. The van der Waals surface area contributed by atoms with Crippen LogP contribution < -0.4 is 0 Å². The second-order valence-electron chi connectivity index (χ2n) is 22.3. The van der Waals surface area contributed by atoms with E-state index in [0.29, 0.717) is 23.2 Å². The van der Waals surface area contributed by atoms with Gasteiger partial charge in [-0.2, -0.15) is 0 Å². The molecule has 0 aliphatic rings. The number of carbonyl (C=O) groups is 2. The third-order valence-electron chi connectivity index (χ3n) is 15.4. The van der Waals surface area contributed by atoms with E-state index in [1.807, 2.05) is 0 Å². The molecule has 0 aliphatic heterocycles. The number of esters is 2. The molecular formula is C66H104N2O4S4. The minimum Gasteiger partial charge on any atom is -0.460 e. The fourth-order valence-corrected chi connectivity index (χ4v) is 14.9. The van der Waals surface area contributed by atoms with Gasteiger partial charge in [-0.05, 0) is 72.5 Å². The lowest BCUT2D eigenvalue weighted by atomic mass is 10.0. The monoisotopic (exact) mass is 1120 g/mol. The van der Waals surface area contributed by atoms with Crippen molar-refractivity contribution in [2.75, 3.05) is 13.2 Å². The van der Waals surface area contributed by atoms with Gasteiger partial charge < -0.3 is 9.47 Å². The number of fused-ring (bicyclic) bond motifs is 2. The summed E-state index contributed by atoms with van der Waals surface area (Å²) in [6, 6.07) is 4.68. The minimum atomic E-state index is -0.345. The second kappa shape index (κ2) is 40.5. The first-order chi connectivity index (χ1) is 37.5. The summed E-state index contributed by atoms with van der Waals surface area (Å²) in [6.07, 6.45) is 53.2. The summed E-state index contributed by atoms with van der Waals surface area (Å²) < 4.78 is 13.9. The largest absolute Gasteiger partial charge is 0.460 e. The number of hydrogen-bond donors (Lipinski definition) is 0. The summed E-state index contributed by atoms with van der Waals surface area (Å²) in [5.74, 6) is -0.690. The van der Waals surface area contributed by atoms with Crippen LogP contribution in [0.5, 0.6) is 0 Å². The van der Waals surface area contributed by atoms with Gasteiger partial charge in [0.05, 0.1) is 33.6 Å². The molecule has 0 fully saturated rings.